The van der Waals surface area contributed by atoms with Crippen LogP contribution >= 0.6 is 11.6 Å². The summed E-state index contributed by atoms with van der Waals surface area (Å²) >= 11 is 6.26. The second-order valence-corrected chi connectivity index (χ2v) is 6.65. The predicted molar refractivity (Wildman–Crippen MR) is 83.2 cm³/mol. The van der Waals surface area contributed by atoms with Crippen LogP contribution in [0.5, 0.6) is 0 Å². The fourth-order valence-electron chi connectivity index (χ4n) is 2.39. The number of rotatable bonds is 5. The molecule has 0 fully saturated rings. The predicted octanol–water partition coefficient (Wildman–Crippen LogP) is 2.37. The van der Waals surface area contributed by atoms with Crippen molar-refractivity contribution >= 4 is 28.7 Å². The second kappa shape index (κ2) is 5.33. The molecule has 2 rings (SSSR count). The maximum atomic E-state index is 11.7. The van der Waals surface area contributed by atoms with E-state index in [9.17, 15) is 4.79 Å². The summed E-state index contributed by atoms with van der Waals surface area (Å²) in [5.41, 5.74) is 7.41. The molecule has 1 amide bonds. The standard InChI is InChI=1S/C14H22ClN5O/c1-6-20-12-10(9(3)18-20)17-11(8(2)15)19(12)7-14(4,5)13(16)21/h8H,6-7H2,1-5H3,(H2,16,21). The third-order valence-electron chi connectivity index (χ3n) is 3.70. The van der Waals surface area contributed by atoms with Gasteiger partial charge in [0.15, 0.2) is 5.65 Å². The maximum absolute atomic E-state index is 11.7. The van der Waals surface area contributed by atoms with Gasteiger partial charge in [-0.1, -0.05) is 0 Å². The van der Waals surface area contributed by atoms with Gasteiger partial charge < -0.3 is 10.3 Å². The van der Waals surface area contributed by atoms with E-state index in [1.165, 1.54) is 0 Å². The molecule has 1 atom stereocenters. The molecule has 0 saturated carbocycles. The minimum atomic E-state index is -0.690. The lowest BCUT2D eigenvalue weighted by molar-refractivity contribution is -0.126. The van der Waals surface area contributed by atoms with Crippen LogP contribution in [0.15, 0.2) is 0 Å². The van der Waals surface area contributed by atoms with E-state index in [2.05, 4.69) is 10.1 Å². The van der Waals surface area contributed by atoms with Crippen molar-refractivity contribution in [1.82, 2.24) is 19.3 Å². The zero-order valence-electron chi connectivity index (χ0n) is 13.1. The summed E-state index contributed by atoms with van der Waals surface area (Å²) in [5.74, 6) is 0.389. The first kappa shape index (κ1) is 15.8. The van der Waals surface area contributed by atoms with Crippen LogP contribution in [0.25, 0.3) is 11.2 Å². The van der Waals surface area contributed by atoms with Crippen LogP contribution in [0, 0.1) is 12.3 Å². The van der Waals surface area contributed by atoms with Gasteiger partial charge in [0.1, 0.15) is 11.3 Å². The zero-order chi connectivity index (χ0) is 15.9. The first-order chi connectivity index (χ1) is 9.69. The molecule has 0 bridgehead atoms. The highest BCUT2D eigenvalue weighted by Crippen LogP contribution is 2.30. The number of primary amides is 1. The molecule has 0 radical (unpaired) electrons. The number of halogens is 1. The first-order valence-corrected chi connectivity index (χ1v) is 7.50. The molecule has 0 saturated heterocycles. The Labute approximate surface area is 129 Å². The van der Waals surface area contributed by atoms with Crippen molar-refractivity contribution in [2.24, 2.45) is 11.1 Å². The van der Waals surface area contributed by atoms with Crippen molar-refractivity contribution in [2.45, 2.75) is 53.1 Å². The molecule has 2 heterocycles. The Kier molecular flexibility index (Phi) is 4.02. The number of nitrogens with zero attached hydrogens (tertiary/aromatic N) is 4. The zero-order valence-corrected chi connectivity index (χ0v) is 13.9. The number of hydrogen-bond donors (Lipinski definition) is 1. The molecule has 6 nitrogen and oxygen atoms in total. The highest BCUT2D eigenvalue weighted by atomic mass is 35.5. The van der Waals surface area contributed by atoms with Crippen molar-refractivity contribution in [3.8, 4) is 0 Å². The molecular formula is C14H22ClN5O. The highest BCUT2D eigenvalue weighted by Gasteiger charge is 2.30. The largest absolute Gasteiger partial charge is 0.369 e. The molecule has 0 aromatic carbocycles. The summed E-state index contributed by atoms with van der Waals surface area (Å²) in [6, 6.07) is 0. The highest BCUT2D eigenvalue weighted by molar-refractivity contribution is 6.20. The number of aryl methyl sites for hydroxylation is 2. The number of aromatic nitrogens is 4. The van der Waals surface area contributed by atoms with Crippen LogP contribution in [0.2, 0.25) is 0 Å². The number of imidazole rings is 1. The second-order valence-electron chi connectivity index (χ2n) is 5.99. The molecule has 0 spiro atoms. The van der Waals surface area contributed by atoms with Gasteiger partial charge in [0.05, 0.1) is 16.5 Å². The van der Waals surface area contributed by atoms with Gasteiger partial charge in [-0.15, -0.1) is 11.6 Å². The molecule has 2 aromatic rings. The van der Waals surface area contributed by atoms with E-state index in [4.69, 9.17) is 17.3 Å². The monoisotopic (exact) mass is 311 g/mol. The number of carbonyl (C=O) groups excluding carboxylic acids is 1. The van der Waals surface area contributed by atoms with E-state index >= 15 is 0 Å². The number of alkyl halides is 1. The third-order valence-corrected chi connectivity index (χ3v) is 3.90. The van der Waals surface area contributed by atoms with Crippen molar-refractivity contribution in [3.05, 3.63) is 11.5 Å². The molecule has 0 aliphatic carbocycles. The van der Waals surface area contributed by atoms with Crippen LogP contribution in [0.3, 0.4) is 0 Å². The van der Waals surface area contributed by atoms with Gasteiger partial charge in [0.25, 0.3) is 0 Å². The van der Waals surface area contributed by atoms with E-state index < -0.39 is 5.41 Å². The SMILES string of the molecule is CCn1nc(C)c2nc(C(C)Cl)n(CC(C)(C)C(N)=O)c21. The van der Waals surface area contributed by atoms with Crippen molar-refractivity contribution in [1.29, 1.82) is 0 Å². The lowest BCUT2D eigenvalue weighted by Crippen LogP contribution is -2.36. The lowest BCUT2D eigenvalue weighted by Gasteiger charge is -2.23. The number of fused-ring (bicyclic) bond motifs is 1. The molecular weight excluding hydrogens is 290 g/mol. The topological polar surface area (TPSA) is 78.7 Å². The number of carbonyl (C=O) groups is 1. The van der Waals surface area contributed by atoms with Gasteiger partial charge in [0, 0.05) is 13.1 Å². The molecule has 0 aliphatic heterocycles. The van der Waals surface area contributed by atoms with Crippen molar-refractivity contribution < 1.29 is 4.79 Å². The maximum Gasteiger partial charge on any atom is 0.224 e. The molecule has 7 heteroatoms. The van der Waals surface area contributed by atoms with Crippen LogP contribution in [-0.2, 0) is 17.9 Å². The molecule has 1 unspecified atom stereocenters. The Hall–Kier alpha value is -1.56. The van der Waals surface area contributed by atoms with E-state index in [1.54, 1.807) is 0 Å². The Morgan fingerprint density at radius 2 is 2.10 bits per heavy atom. The van der Waals surface area contributed by atoms with Crippen molar-refractivity contribution in [2.75, 3.05) is 0 Å². The normalized spacial score (nSPS) is 13.8. The fraction of sp³-hybridized carbons (Fsp3) is 0.643. The van der Waals surface area contributed by atoms with Crippen molar-refractivity contribution in [3.63, 3.8) is 0 Å². The van der Waals surface area contributed by atoms with Gasteiger partial charge >= 0.3 is 0 Å². The van der Waals surface area contributed by atoms with Crippen LogP contribution in [-0.4, -0.2) is 25.2 Å². The average molecular weight is 312 g/mol. The number of amides is 1. The van der Waals surface area contributed by atoms with Gasteiger partial charge in [-0.05, 0) is 34.6 Å². The van der Waals surface area contributed by atoms with Gasteiger partial charge in [0.2, 0.25) is 5.91 Å². The van der Waals surface area contributed by atoms with Crippen LogP contribution < -0.4 is 5.73 Å². The summed E-state index contributed by atoms with van der Waals surface area (Å²) in [5, 5.41) is 4.22. The molecule has 2 aromatic heterocycles. The number of hydrogen-bond acceptors (Lipinski definition) is 3. The minimum Gasteiger partial charge on any atom is -0.369 e. The Balaban J connectivity index is 2.68. The molecule has 0 aliphatic rings. The number of nitrogens with two attached hydrogens (primary N) is 1. The van der Waals surface area contributed by atoms with Gasteiger partial charge in [-0.25, -0.2) is 9.67 Å². The fourth-order valence-corrected chi connectivity index (χ4v) is 2.56. The summed E-state index contributed by atoms with van der Waals surface area (Å²) in [6.45, 7) is 10.6. The van der Waals surface area contributed by atoms with Gasteiger partial charge in [-0.2, -0.15) is 5.10 Å². The summed E-state index contributed by atoms with van der Waals surface area (Å²) < 4.78 is 3.86. The Morgan fingerprint density at radius 1 is 1.48 bits per heavy atom. The van der Waals surface area contributed by atoms with Gasteiger partial charge in [-0.3, -0.25) is 4.79 Å². The smallest absolute Gasteiger partial charge is 0.224 e. The van der Waals surface area contributed by atoms with E-state index in [-0.39, 0.29) is 11.3 Å². The quantitative estimate of drug-likeness (QED) is 0.861. The van der Waals surface area contributed by atoms with E-state index in [1.807, 2.05) is 43.9 Å². The van der Waals surface area contributed by atoms with E-state index in [0.29, 0.717) is 6.54 Å². The third kappa shape index (κ3) is 2.64. The summed E-state index contributed by atoms with van der Waals surface area (Å²) in [6.07, 6.45) is 0. The molecule has 116 valence electrons. The molecule has 2 N–H and O–H groups in total. The average Bonchev–Trinajstić information content (AvgIpc) is 2.88. The van der Waals surface area contributed by atoms with Crippen LogP contribution in [0.4, 0.5) is 0 Å². The van der Waals surface area contributed by atoms with E-state index in [0.717, 1.165) is 29.2 Å². The minimum absolute atomic E-state index is 0.259. The molecule has 21 heavy (non-hydrogen) atoms. The summed E-state index contributed by atoms with van der Waals surface area (Å²) in [4.78, 5) is 16.3. The first-order valence-electron chi connectivity index (χ1n) is 7.06. The Bertz CT molecular complexity index is 683. The summed E-state index contributed by atoms with van der Waals surface area (Å²) in [7, 11) is 0. The Morgan fingerprint density at radius 3 is 2.57 bits per heavy atom. The van der Waals surface area contributed by atoms with Crippen LogP contribution in [0.1, 0.15) is 44.6 Å². The lowest BCUT2D eigenvalue weighted by atomic mass is 9.92.